The highest BCUT2D eigenvalue weighted by atomic mass is 32.3. The third-order valence-electron chi connectivity index (χ3n) is 2.54. The summed E-state index contributed by atoms with van der Waals surface area (Å²) >= 11 is 0. The number of hydrogen-bond acceptors (Lipinski definition) is 5. The number of nitrogen functional groups attached to an aromatic ring is 1. The minimum absolute atomic E-state index is 0.563. The summed E-state index contributed by atoms with van der Waals surface area (Å²) in [6.45, 7) is 0.563. The molecule has 22 heavy (non-hydrogen) atoms. The van der Waals surface area contributed by atoms with Gasteiger partial charge in [0, 0.05) is 13.1 Å². The lowest BCUT2D eigenvalue weighted by Crippen LogP contribution is -1.98. The number of nitrogens with one attached hydrogen (secondary N) is 1. The van der Waals surface area contributed by atoms with Gasteiger partial charge in [-0.3, -0.25) is 9.11 Å². The molecule has 0 heterocycles. The summed E-state index contributed by atoms with van der Waals surface area (Å²) in [5, 5.41) is 3.03. The molecule has 0 aliphatic rings. The Morgan fingerprint density at radius 2 is 1.73 bits per heavy atom. The van der Waals surface area contributed by atoms with Crippen molar-refractivity contribution in [1.82, 2.24) is 0 Å². The van der Waals surface area contributed by atoms with Crippen molar-refractivity contribution in [3.05, 3.63) is 54.1 Å². The van der Waals surface area contributed by atoms with Crippen molar-refractivity contribution in [3.63, 3.8) is 0 Å². The van der Waals surface area contributed by atoms with Gasteiger partial charge in [-0.05, 0) is 17.7 Å². The van der Waals surface area contributed by atoms with E-state index in [0.29, 0.717) is 6.61 Å². The van der Waals surface area contributed by atoms with Gasteiger partial charge in [0.1, 0.15) is 12.4 Å². The summed E-state index contributed by atoms with van der Waals surface area (Å²) in [6.07, 6.45) is 0. The zero-order valence-corrected chi connectivity index (χ0v) is 12.7. The number of hydrogen-bond donors (Lipinski definition) is 4. The van der Waals surface area contributed by atoms with Gasteiger partial charge >= 0.3 is 10.4 Å². The van der Waals surface area contributed by atoms with Crippen molar-refractivity contribution in [2.24, 2.45) is 0 Å². The van der Waals surface area contributed by atoms with Gasteiger partial charge in [-0.25, -0.2) is 0 Å². The van der Waals surface area contributed by atoms with Crippen LogP contribution in [0.4, 0.5) is 11.4 Å². The fourth-order valence-corrected chi connectivity index (χ4v) is 1.58. The molecule has 120 valence electrons. The first-order valence-corrected chi connectivity index (χ1v) is 7.63. The maximum absolute atomic E-state index is 8.74. The van der Waals surface area contributed by atoms with Gasteiger partial charge in [0.05, 0.1) is 11.4 Å². The van der Waals surface area contributed by atoms with E-state index in [1.54, 1.807) is 0 Å². The van der Waals surface area contributed by atoms with Gasteiger partial charge in [-0.2, -0.15) is 8.42 Å². The highest BCUT2D eigenvalue weighted by Crippen LogP contribution is 2.24. The van der Waals surface area contributed by atoms with Crippen LogP contribution in [-0.2, 0) is 17.0 Å². The summed E-state index contributed by atoms with van der Waals surface area (Å²) in [4.78, 5) is 0. The molecule has 0 aliphatic heterocycles. The van der Waals surface area contributed by atoms with Gasteiger partial charge in [0.15, 0.2) is 0 Å². The molecule has 0 radical (unpaired) electrons. The molecule has 0 fully saturated rings. The van der Waals surface area contributed by atoms with E-state index in [1.165, 1.54) is 0 Å². The van der Waals surface area contributed by atoms with Crippen LogP contribution < -0.4 is 15.8 Å². The first-order valence-electron chi connectivity index (χ1n) is 6.23. The monoisotopic (exact) mass is 326 g/mol. The second-order valence-corrected chi connectivity index (χ2v) is 5.12. The van der Waals surface area contributed by atoms with Crippen molar-refractivity contribution in [3.8, 4) is 5.75 Å². The van der Waals surface area contributed by atoms with Crippen molar-refractivity contribution in [2.75, 3.05) is 18.1 Å². The lowest BCUT2D eigenvalue weighted by Gasteiger charge is -2.10. The average Bonchev–Trinajstić information content (AvgIpc) is 2.46. The summed E-state index contributed by atoms with van der Waals surface area (Å²) in [5.41, 5.74) is 8.54. The minimum Gasteiger partial charge on any atom is -0.489 e. The van der Waals surface area contributed by atoms with Gasteiger partial charge in [0.2, 0.25) is 0 Å². The molecular weight excluding hydrogens is 308 g/mol. The molecule has 2 aromatic rings. The first kappa shape index (κ1) is 17.8. The lowest BCUT2D eigenvalue weighted by atomic mass is 10.2. The molecule has 2 aromatic carbocycles. The van der Waals surface area contributed by atoms with E-state index in [0.717, 1.165) is 22.7 Å². The normalized spacial score (nSPS) is 10.3. The molecule has 0 amide bonds. The molecule has 7 nitrogen and oxygen atoms in total. The van der Waals surface area contributed by atoms with Crippen LogP contribution in [0.5, 0.6) is 5.75 Å². The van der Waals surface area contributed by atoms with Crippen LogP contribution in [0.2, 0.25) is 0 Å². The highest BCUT2D eigenvalue weighted by molar-refractivity contribution is 7.79. The topological polar surface area (TPSA) is 122 Å². The Balaban J connectivity index is 0.000000422. The van der Waals surface area contributed by atoms with Gasteiger partial charge in [-0.15, -0.1) is 0 Å². The van der Waals surface area contributed by atoms with Crippen LogP contribution in [-0.4, -0.2) is 24.6 Å². The minimum atomic E-state index is -4.67. The zero-order chi connectivity index (χ0) is 16.6. The molecule has 0 saturated heterocycles. The van der Waals surface area contributed by atoms with Crippen molar-refractivity contribution in [1.29, 1.82) is 0 Å². The van der Waals surface area contributed by atoms with Crippen LogP contribution in [0.15, 0.2) is 48.5 Å². The van der Waals surface area contributed by atoms with Crippen LogP contribution in [0.1, 0.15) is 5.56 Å². The Morgan fingerprint density at radius 1 is 1.14 bits per heavy atom. The average molecular weight is 326 g/mol. The summed E-state index contributed by atoms with van der Waals surface area (Å²) in [6, 6.07) is 15.7. The Bertz CT molecular complexity index is 682. The third kappa shape index (κ3) is 7.48. The van der Waals surface area contributed by atoms with Crippen LogP contribution in [0.3, 0.4) is 0 Å². The second-order valence-electron chi connectivity index (χ2n) is 4.22. The molecule has 0 unspecified atom stereocenters. The molecule has 0 saturated carbocycles. The first-order chi connectivity index (χ1) is 10.3. The Labute approximate surface area is 129 Å². The zero-order valence-electron chi connectivity index (χ0n) is 11.9. The van der Waals surface area contributed by atoms with Crippen LogP contribution in [0.25, 0.3) is 0 Å². The molecule has 0 bridgehead atoms. The van der Waals surface area contributed by atoms with Gasteiger partial charge in [0.25, 0.3) is 0 Å². The number of nitrogens with two attached hydrogens (primary N) is 1. The van der Waals surface area contributed by atoms with E-state index in [9.17, 15) is 0 Å². The van der Waals surface area contributed by atoms with Crippen molar-refractivity contribution >= 4 is 21.8 Å². The lowest BCUT2D eigenvalue weighted by molar-refractivity contribution is 0.306. The number of benzene rings is 2. The van der Waals surface area contributed by atoms with Gasteiger partial charge < -0.3 is 15.8 Å². The second kappa shape index (κ2) is 8.23. The fourth-order valence-electron chi connectivity index (χ4n) is 1.58. The Morgan fingerprint density at radius 3 is 2.27 bits per heavy atom. The summed E-state index contributed by atoms with van der Waals surface area (Å²) < 4.78 is 37.3. The largest absolute Gasteiger partial charge is 0.489 e. The molecule has 2 rings (SSSR count). The summed E-state index contributed by atoms with van der Waals surface area (Å²) in [5.74, 6) is 0.812. The van der Waals surface area contributed by atoms with E-state index in [4.69, 9.17) is 28.0 Å². The van der Waals surface area contributed by atoms with E-state index in [2.05, 4.69) is 5.32 Å². The molecule has 0 aliphatic carbocycles. The van der Waals surface area contributed by atoms with E-state index < -0.39 is 10.4 Å². The molecule has 0 aromatic heterocycles. The van der Waals surface area contributed by atoms with E-state index in [1.807, 2.05) is 55.6 Å². The maximum atomic E-state index is 8.74. The van der Waals surface area contributed by atoms with E-state index in [-0.39, 0.29) is 0 Å². The van der Waals surface area contributed by atoms with Crippen LogP contribution in [0, 0.1) is 0 Å². The van der Waals surface area contributed by atoms with Crippen molar-refractivity contribution in [2.45, 2.75) is 6.61 Å². The van der Waals surface area contributed by atoms with Crippen molar-refractivity contribution < 1.29 is 22.3 Å². The Hall–Kier alpha value is -2.29. The molecule has 5 N–H and O–H groups in total. The molecular formula is C14H18N2O5S. The third-order valence-corrected chi connectivity index (χ3v) is 2.54. The highest BCUT2D eigenvalue weighted by Gasteiger charge is 2.00. The molecule has 8 heteroatoms. The predicted molar refractivity (Wildman–Crippen MR) is 85.4 cm³/mol. The molecule has 0 spiro atoms. The smallest absolute Gasteiger partial charge is 0.394 e. The standard InChI is InChI=1S/C14H16N2O.H2O4S/c1-16-14-9-12(7-8-13(14)15)17-10-11-5-3-2-4-6-11;1-5(2,3)4/h2-9,16H,10,15H2,1H3;(H2,1,2,3,4). The quantitative estimate of drug-likeness (QED) is 0.502. The number of anilines is 2. The van der Waals surface area contributed by atoms with Crippen LogP contribution >= 0.6 is 0 Å². The predicted octanol–water partition coefficient (Wildman–Crippen LogP) is 2.24. The maximum Gasteiger partial charge on any atom is 0.394 e. The SMILES string of the molecule is CNc1cc(OCc2ccccc2)ccc1N.O=S(=O)(O)O. The molecule has 0 atom stereocenters. The van der Waals surface area contributed by atoms with Gasteiger partial charge in [-0.1, -0.05) is 30.3 Å². The number of rotatable bonds is 4. The van der Waals surface area contributed by atoms with E-state index >= 15 is 0 Å². The fraction of sp³-hybridized carbons (Fsp3) is 0.143. The Kier molecular flexibility index (Phi) is 6.64. The number of ether oxygens (including phenoxy) is 1. The summed E-state index contributed by atoms with van der Waals surface area (Å²) in [7, 11) is -2.83.